The zero-order valence-electron chi connectivity index (χ0n) is 25.2. The molecule has 0 bridgehead atoms. The van der Waals surface area contributed by atoms with E-state index in [9.17, 15) is 44.3 Å². The van der Waals surface area contributed by atoms with Gasteiger partial charge < -0.3 is 13.9 Å². The second-order valence-corrected chi connectivity index (χ2v) is 11.5. The molecule has 0 saturated heterocycles. The second kappa shape index (κ2) is 15.7. The number of esters is 1. The number of aryl methyl sites for hydroxylation is 1. The SMILES string of the molecule is C=C(C)C(=O)OCCC(F)(F)OC(F)(F)OC(F)(F)CCSc1ccc2cc(-c3ccc(CCCCC)cc3OC(F)(F)F)oc2c1. The van der Waals surface area contributed by atoms with Crippen LogP contribution < -0.4 is 4.74 Å². The van der Waals surface area contributed by atoms with Crippen LogP contribution in [0.15, 0.2) is 63.9 Å². The van der Waals surface area contributed by atoms with Gasteiger partial charge in [-0.25, -0.2) is 14.3 Å². The largest absolute Gasteiger partial charge is 0.573 e. The van der Waals surface area contributed by atoms with Crippen molar-refractivity contribution in [3.05, 3.63) is 60.2 Å². The standard InChI is InChI=1S/C31H31F9O6S/c1-4-5-6-7-20-8-11-23(26(16-20)44-30(36,37)38)25-17-21-9-10-22(18-24(21)43-25)47-15-13-29(34,35)46-31(39,40)45-28(32,33)12-14-42-27(41)19(2)3/h8-11,16-18H,2,4-7,12-15H2,1,3H3. The number of alkyl halides is 9. The Balaban J connectivity index is 1.63. The van der Waals surface area contributed by atoms with E-state index in [4.69, 9.17) is 4.42 Å². The molecule has 3 aromatic rings. The average Bonchev–Trinajstić information content (AvgIpc) is 3.34. The Morgan fingerprint density at radius 1 is 0.894 bits per heavy atom. The van der Waals surface area contributed by atoms with Gasteiger partial charge in [0, 0.05) is 28.0 Å². The van der Waals surface area contributed by atoms with Crippen LogP contribution in [0.5, 0.6) is 5.75 Å². The first kappa shape index (κ1) is 38.1. The van der Waals surface area contributed by atoms with Gasteiger partial charge >= 0.3 is 30.8 Å². The van der Waals surface area contributed by atoms with Crippen molar-refractivity contribution in [3.8, 4) is 17.1 Å². The molecule has 0 aliphatic heterocycles. The van der Waals surface area contributed by atoms with E-state index in [0.717, 1.165) is 31.0 Å². The van der Waals surface area contributed by atoms with Crippen molar-refractivity contribution in [3.63, 3.8) is 0 Å². The quantitative estimate of drug-likeness (QED) is 0.0326. The molecule has 0 spiro atoms. The predicted molar refractivity (Wildman–Crippen MR) is 154 cm³/mol. The van der Waals surface area contributed by atoms with Crippen molar-refractivity contribution in [2.24, 2.45) is 0 Å². The number of ether oxygens (including phenoxy) is 4. The summed E-state index contributed by atoms with van der Waals surface area (Å²) in [6, 6.07) is 10.3. The van der Waals surface area contributed by atoms with E-state index in [-0.39, 0.29) is 22.5 Å². The summed E-state index contributed by atoms with van der Waals surface area (Å²) in [6.07, 6.45) is -19.4. The van der Waals surface area contributed by atoms with Gasteiger partial charge in [-0.15, -0.1) is 33.7 Å². The summed E-state index contributed by atoms with van der Waals surface area (Å²) < 4.78 is 144. The van der Waals surface area contributed by atoms with Crippen LogP contribution in [0.25, 0.3) is 22.3 Å². The average molecular weight is 703 g/mol. The first-order chi connectivity index (χ1) is 21.8. The maximum atomic E-state index is 14.1. The van der Waals surface area contributed by atoms with E-state index in [2.05, 4.69) is 25.5 Å². The van der Waals surface area contributed by atoms with E-state index in [1.807, 2.05) is 6.92 Å². The fourth-order valence-electron chi connectivity index (χ4n) is 4.09. The molecular formula is C31H31F9O6S. The molecule has 0 atom stereocenters. The summed E-state index contributed by atoms with van der Waals surface area (Å²) in [6.45, 7) is 5.36. The second-order valence-electron chi connectivity index (χ2n) is 10.4. The summed E-state index contributed by atoms with van der Waals surface area (Å²) in [7, 11) is 0. The molecule has 0 amide bonds. The van der Waals surface area contributed by atoms with Gasteiger partial charge in [0.15, 0.2) is 0 Å². The number of carbonyl (C=O) groups excluding carboxylic acids is 1. The van der Waals surface area contributed by atoms with E-state index >= 15 is 0 Å². The molecule has 0 fully saturated rings. The number of rotatable bonds is 18. The van der Waals surface area contributed by atoms with Gasteiger partial charge in [-0.05, 0) is 61.7 Å². The van der Waals surface area contributed by atoms with Gasteiger partial charge in [-0.1, -0.05) is 32.4 Å². The maximum Gasteiger partial charge on any atom is 0.573 e. The minimum absolute atomic E-state index is 0.0327. The molecule has 0 aliphatic carbocycles. The molecule has 16 heteroatoms. The summed E-state index contributed by atoms with van der Waals surface area (Å²) >= 11 is 0.762. The Bertz CT molecular complexity index is 1520. The van der Waals surface area contributed by atoms with Crippen LogP contribution in [0.4, 0.5) is 39.5 Å². The first-order valence-electron chi connectivity index (χ1n) is 14.2. The highest BCUT2D eigenvalue weighted by Gasteiger charge is 2.51. The Labute approximate surface area is 268 Å². The van der Waals surface area contributed by atoms with Gasteiger partial charge in [0.25, 0.3) is 0 Å². The number of hydrogen-bond donors (Lipinski definition) is 0. The minimum Gasteiger partial charge on any atom is -0.462 e. The van der Waals surface area contributed by atoms with Crippen molar-refractivity contribution >= 4 is 28.7 Å². The van der Waals surface area contributed by atoms with Gasteiger partial charge in [-0.2, -0.15) is 17.6 Å². The molecule has 2 aromatic carbocycles. The van der Waals surface area contributed by atoms with Crippen LogP contribution >= 0.6 is 11.8 Å². The molecule has 47 heavy (non-hydrogen) atoms. The molecule has 260 valence electrons. The first-order valence-corrected chi connectivity index (χ1v) is 15.2. The van der Waals surface area contributed by atoms with Gasteiger partial charge in [0.2, 0.25) is 0 Å². The van der Waals surface area contributed by atoms with Crippen LogP contribution in [-0.2, 0) is 25.4 Å². The number of thioether (sulfide) groups is 1. The van der Waals surface area contributed by atoms with E-state index in [0.29, 0.717) is 22.3 Å². The lowest BCUT2D eigenvalue weighted by atomic mass is 10.0. The highest BCUT2D eigenvalue weighted by molar-refractivity contribution is 7.99. The lowest BCUT2D eigenvalue weighted by Gasteiger charge is -2.26. The number of furan rings is 1. The van der Waals surface area contributed by atoms with Gasteiger partial charge in [-0.3, -0.25) is 0 Å². The highest BCUT2D eigenvalue weighted by atomic mass is 32.2. The summed E-state index contributed by atoms with van der Waals surface area (Å²) in [5, 5.41) is 0.468. The fourth-order valence-corrected chi connectivity index (χ4v) is 5.02. The molecule has 0 N–H and O–H groups in total. The number of fused-ring (bicyclic) bond motifs is 1. The Kier molecular flexibility index (Phi) is 12.7. The molecule has 0 aliphatic rings. The van der Waals surface area contributed by atoms with E-state index in [1.165, 1.54) is 43.3 Å². The van der Waals surface area contributed by atoms with Crippen molar-refractivity contribution in [1.82, 2.24) is 0 Å². The van der Waals surface area contributed by atoms with Crippen LogP contribution in [0, 0.1) is 0 Å². The lowest BCUT2D eigenvalue weighted by Crippen LogP contribution is -2.41. The van der Waals surface area contributed by atoms with Crippen molar-refractivity contribution in [1.29, 1.82) is 0 Å². The Morgan fingerprint density at radius 3 is 2.21 bits per heavy atom. The number of carbonyl (C=O) groups is 1. The molecular weight excluding hydrogens is 671 g/mol. The van der Waals surface area contributed by atoms with Crippen LogP contribution in [0.3, 0.4) is 0 Å². The Hall–Kier alpha value is -3.37. The summed E-state index contributed by atoms with van der Waals surface area (Å²) in [5.74, 6) is -1.99. The molecule has 0 unspecified atom stereocenters. The smallest absolute Gasteiger partial charge is 0.462 e. The van der Waals surface area contributed by atoms with Gasteiger partial charge in [0.05, 0.1) is 18.6 Å². The number of benzene rings is 2. The number of unbranched alkanes of at least 4 members (excludes halogenated alkanes) is 2. The van der Waals surface area contributed by atoms with Crippen LogP contribution in [0.2, 0.25) is 0 Å². The van der Waals surface area contributed by atoms with Crippen LogP contribution in [0.1, 0.15) is 51.5 Å². The minimum atomic E-state index is -5.40. The van der Waals surface area contributed by atoms with Crippen molar-refractivity contribution < 1.29 is 67.7 Å². The summed E-state index contributed by atoms with van der Waals surface area (Å²) in [5.41, 5.74) is 0.734. The third-order valence-corrected chi connectivity index (χ3v) is 7.27. The zero-order chi connectivity index (χ0) is 35.0. The lowest BCUT2D eigenvalue weighted by molar-refractivity contribution is -0.514. The molecule has 3 rings (SSSR count). The number of halogens is 9. The Morgan fingerprint density at radius 2 is 1.57 bits per heavy atom. The predicted octanol–water partition coefficient (Wildman–Crippen LogP) is 10.5. The zero-order valence-corrected chi connectivity index (χ0v) is 26.0. The van der Waals surface area contributed by atoms with Crippen molar-refractivity contribution in [2.75, 3.05) is 12.4 Å². The maximum absolute atomic E-state index is 14.1. The molecule has 1 aromatic heterocycles. The summed E-state index contributed by atoms with van der Waals surface area (Å²) in [4.78, 5) is 11.5. The van der Waals surface area contributed by atoms with E-state index in [1.54, 1.807) is 6.07 Å². The highest BCUT2D eigenvalue weighted by Crippen LogP contribution is 2.40. The molecule has 1 heterocycles. The third kappa shape index (κ3) is 12.6. The molecule has 6 nitrogen and oxygen atoms in total. The third-order valence-electron chi connectivity index (χ3n) is 6.27. The normalized spacial score (nSPS) is 12.8. The molecule has 0 radical (unpaired) electrons. The van der Waals surface area contributed by atoms with E-state index < -0.39 is 61.8 Å². The van der Waals surface area contributed by atoms with Crippen molar-refractivity contribution in [2.45, 2.75) is 82.1 Å². The van der Waals surface area contributed by atoms with Crippen LogP contribution in [-0.4, -0.2) is 43.2 Å². The topological polar surface area (TPSA) is 67.1 Å². The van der Waals surface area contributed by atoms with Gasteiger partial charge in [0.1, 0.15) is 17.1 Å². The monoisotopic (exact) mass is 702 g/mol. The number of hydrogen-bond acceptors (Lipinski definition) is 7. The fraction of sp³-hybridized carbons (Fsp3) is 0.452. The molecule has 0 saturated carbocycles.